The van der Waals surface area contributed by atoms with Gasteiger partial charge in [0.05, 0.1) is 0 Å². The van der Waals surface area contributed by atoms with E-state index in [1.165, 1.54) is 0 Å². The Morgan fingerprint density at radius 1 is 1.44 bits per heavy atom. The molecule has 0 aromatic rings. The van der Waals surface area contributed by atoms with Crippen molar-refractivity contribution in [3.63, 3.8) is 0 Å². The number of rotatable bonds is 2. The van der Waals surface area contributed by atoms with Crippen molar-refractivity contribution < 1.29 is 9.53 Å². The number of hydrogen-bond donors (Lipinski definition) is 1. The fraction of sp³-hybridized carbons (Fsp3) is 0.917. The number of ether oxygens (including phenoxy) is 1. The highest BCUT2D eigenvalue weighted by atomic mass is 16.5. The van der Waals surface area contributed by atoms with E-state index in [1.807, 2.05) is 11.8 Å². The molecule has 2 saturated heterocycles. The third kappa shape index (κ3) is 2.23. The average molecular weight is 226 g/mol. The van der Waals surface area contributed by atoms with Gasteiger partial charge in [-0.2, -0.15) is 0 Å². The summed E-state index contributed by atoms with van der Waals surface area (Å²) in [7, 11) is 0. The Bertz CT molecular complexity index is 262. The van der Waals surface area contributed by atoms with Gasteiger partial charge in [-0.3, -0.25) is 4.79 Å². The molecular formula is C12H22N2O2. The summed E-state index contributed by atoms with van der Waals surface area (Å²) in [4.78, 5) is 14.0. The average Bonchev–Trinajstić information content (AvgIpc) is 2.72. The summed E-state index contributed by atoms with van der Waals surface area (Å²) in [6.07, 6.45) is 3.35. The number of carbonyl (C=O) groups is 1. The summed E-state index contributed by atoms with van der Waals surface area (Å²) in [6, 6.07) is 0. The van der Waals surface area contributed by atoms with E-state index in [0.717, 1.165) is 45.6 Å². The fourth-order valence-electron chi connectivity index (χ4n) is 2.75. The molecule has 0 aromatic carbocycles. The lowest BCUT2D eigenvalue weighted by Gasteiger charge is -2.33. The molecule has 16 heavy (non-hydrogen) atoms. The zero-order valence-corrected chi connectivity index (χ0v) is 10.1. The lowest BCUT2D eigenvalue weighted by atomic mass is 9.80. The maximum Gasteiger partial charge on any atom is 0.226 e. The van der Waals surface area contributed by atoms with Crippen LogP contribution in [0.2, 0.25) is 0 Å². The Balaban J connectivity index is 1.94. The van der Waals surface area contributed by atoms with Gasteiger partial charge in [0.2, 0.25) is 5.91 Å². The molecule has 2 aliphatic heterocycles. The number of nitrogens with two attached hydrogens (primary N) is 1. The summed E-state index contributed by atoms with van der Waals surface area (Å²) in [5.41, 5.74) is 5.89. The van der Waals surface area contributed by atoms with Gasteiger partial charge in [0.1, 0.15) is 0 Å². The van der Waals surface area contributed by atoms with Crippen molar-refractivity contribution in [3.05, 3.63) is 0 Å². The molecule has 1 spiro atoms. The Morgan fingerprint density at radius 3 is 2.75 bits per heavy atom. The Labute approximate surface area is 97.1 Å². The zero-order chi connectivity index (χ0) is 11.6. The predicted octanol–water partition coefficient (Wildman–Crippen LogP) is 0.610. The quantitative estimate of drug-likeness (QED) is 0.750. The van der Waals surface area contributed by atoms with Crippen molar-refractivity contribution >= 4 is 5.91 Å². The molecular weight excluding hydrogens is 204 g/mol. The minimum absolute atomic E-state index is 0.0324. The van der Waals surface area contributed by atoms with Gasteiger partial charge in [-0.15, -0.1) is 0 Å². The van der Waals surface area contributed by atoms with Gasteiger partial charge in [0.25, 0.3) is 0 Å². The van der Waals surface area contributed by atoms with Gasteiger partial charge >= 0.3 is 0 Å². The van der Waals surface area contributed by atoms with Crippen molar-refractivity contribution in [2.45, 2.75) is 26.2 Å². The summed E-state index contributed by atoms with van der Waals surface area (Å²) in [5.74, 6) is 0.195. The maximum atomic E-state index is 12.0. The molecule has 4 heteroatoms. The molecule has 0 bridgehead atoms. The van der Waals surface area contributed by atoms with Crippen LogP contribution in [0.3, 0.4) is 0 Å². The van der Waals surface area contributed by atoms with E-state index in [-0.39, 0.29) is 11.8 Å². The third-order valence-electron chi connectivity index (χ3n) is 4.08. The molecule has 1 atom stereocenters. The molecule has 1 amide bonds. The monoisotopic (exact) mass is 226 g/mol. The van der Waals surface area contributed by atoms with Gasteiger partial charge < -0.3 is 15.4 Å². The normalized spacial score (nSPS) is 26.0. The van der Waals surface area contributed by atoms with Gasteiger partial charge in [0, 0.05) is 38.8 Å². The van der Waals surface area contributed by atoms with Gasteiger partial charge in [0.15, 0.2) is 0 Å². The predicted molar refractivity (Wildman–Crippen MR) is 61.9 cm³/mol. The van der Waals surface area contributed by atoms with E-state index in [4.69, 9.17) is 10.5 Å². The van der Waals surface area contributed by atoms with Crippen molar-refractivity contribution in [2.24, 2.45) is 17.1 Å². The number of carbonyl (C=O) groups excluding carboxylic acids is 1. The highest BCUT2D eigenvalue weighted by Gasteiger charge is 2.41. The van der Waals surface area contributed by atoms with Gasteiger partial charge in [-0.05, 0) is 24.7 Å². The topological polar surface area (TPSA) is 55.6 Å². The zero-order valence-electron chi connectivity index (χ0n) is 10.1. The molecule has 2 rings (SSSR count). The Hall–Kier alpha value is -0.610. The summed E-state index contributed by atoms with van der Waals surface area (Å²) >= 11 is 0. The first-order valence-electron chi connectivity index (χ1n) is 6.23. The molecule has 0 saturated carbocycles. The minimum atomic E-state index is -0.0324. The van der Waals surface area contributed by atoms with Crippen LogP contribution >= 0.6 is 0 Å². The van der Waals surface area contributed by atoms with Crippen molar-refractivity contribution in [2.75, 3.05) is 32.8 Å². The Morgan fingerprint density at radius 2 is 2.12 bits per heavy atom. The molecule has 2 fully saturated rings. The van der Waals surface area contributed by atoms with E-state index in [1.54, 1.807) is 0 Å². The molecule has 0 aromatic heterocycles. The van der Waals surface area contributed by atoms with Crippen LogP contribution in [0.15, 0.2) is 0 Å². The minimum Gasteiger partial charge on any atom is -0.381 e. The fourth-order valence-corrected chi connectivity index (χ4v) is 2.75. The molecule has 2 N–H and O–H groups in total. The summed E-state index contributed by atoms with van der Waals surface area (Å²) < 4.78 is 5.40. The lowest BCUT2D eigenvalue weighted by molar-refractivity contribution is -0.134. The molecule has 1 unspecified atom stereocenters. The van der Waals surface area contributed by atoms with Crippen LogP contribution < -0.4 is 5.73 Å². The standard InChI is InChI=1S/C12H22N2O2/c1-10(8-13)11(15)14-5-2-12(9-14)3-6-16-7-4-12/h10H,2-9,13H2,1H3. The second-order valence-electron chi connectivity index (χ2n) is 5.26. The molecule has 0 aliphatic carbocycles. The lowest BCUT2D eigenvalue weighted by Crippen LogP contribution is -2.39. The third-order valence-corrected chi connectivity index (χ3v) is 4.08. The summed E-state index contributed by atoms with van der Waals surface area (Å²) in [5, 5.41) is 0. The first kappa shape index (κ1) is 11.9. The van der Waals surface area contributed by atoms with Crippen molar-refractivity contribution in [1.82, 2.24) is 4.90 Å². The van der Waals surface area contributed by atoms with E-state index in [9.17, 15) is 4.79 Å². The largest absolute Gasteiger partial charge is 0.381 e. The van der Waals surface area contributed by atoms with Crippen LogP contribution in [-0.4, -0.2) is 43.7 Å². The molecule has 4 nitrogen and oxygen atoms in total. The van der Waals surface area contributed by atoms with Crippen molar-refractivity contribution in [3.8, 4) is 0 Å². The SMILES string of the molecule is CC(CN)C(=O)N1CCC2(CCOCC2)C1. The van der Waals surface area contributed by atoms with Crippen LogP contribution in [0.1, 0.15) is 26.2 Å². The van der Waals surface area contributed by atoms with Gasteiger partial charge in [-0.25, -0.2) is 0 Å². The maximum absolute atomic E-state index is 12.0. The first-order chi connectivity index (χ1) is 7.67. The number of amides is 1. The van der Waals surface area contributed by atoms with E-state index in [2.05, 4.69) is 0 Å². The van der Waals surface area contributed by atoms with E-state index < -0.39 is 0 Å². The molecule has 92 valence electrons. The van der Waals surface area contributed by atoms with Crippen molar-refractivity contribution in [1.29, 1.82) is 0 Å². The smallest absolute Gasteiger partial charge is 0.226 e. The molecule has 2 aliphatic rings. The second-order valence-corrected chi connectivity index (χ2v) is 5.26. The number of hydrogen-bond acceptors (Lipinski definition) is 3. The number of nitrogens with zero attached hydrogens (tertiary/aromatic N) is 1. The highest BCUT2D eigenvalue weighted by Crippen LogP contribution is 2.39. The second kappa shape index (κ2) is 4.72. The van der Waals surface area contributed by atoms with E-state index >= 15 is 0 Å². The highest BCUT2D eigenvalue weighted by molar-refractivity contribution is 5.79. The summed E-state index contributed by atoms with van der Waals surface area (Å²) in [6.45, 7) is 5.90. The number of likely N-dealkylation sites (tertiary alicyclic amines) is 1. The molecule has 0 radical (unpaired) electrons. The van der Waals surface area contributed by atoms with Crippen LogP contribution in [0.5, 0.6) is 0 Å². The van der Waals surface area contributed by atoms with Crippen LogP contribution in [0.4, 0.5) is 0 Å². The van der Waals surface area contributed by atoms with Crippen LogP contribution in [-0.2, 0) is 9.53 Å². The van der Waals surface area contributed by atoms with E-state index in [0.29, 0.717) is 12.0 Å². The molecule has 2 heterocycles. The van der Waals surface area contributed by atoms with Crippen LogP contribution in [0.25, 0.3) is 0 Å². The van der Waals surface area contributed by atoms with Gasteiger partial charge in [-0.1, -0.05) is 6.92 Å². The Kier molecular flexibility index (Phi) is 3.50. The van der Waals surface area contributed by atoms with Crippen LogP contribution in [0, 0.1) is 11.3 Å². The first-order valence-corrected chi connectivity index (χ1v) is 6.23.